The van der Waals surface area contributed by atoms with Crippen LogP contribution < -0.4 is 10.0 Å². The van der Waals surface area contributed by atoms with Gasteiger partial charge in [0.15, 0.2) is 0 Å². The third-order valence-corrected chi connectivity index (χ3v) is 6.67. The number of nitrogens with zero attached hydrogens (tertiary/aromatic N) is 1. The topological polar surface area (TPSA) is 78.5 Å². The van der Waals surface area contributed by atoms with Crippen molar-refractivity contribution in [1.82, 2.24) is 10.2 Å². The van der Waals surface area contributed by atoms with Crippen LogP contribution in [-0.2, 0) is 16.4 Å². The van der Waals surface area contributed by atoms with Crippen molar-refractivity contribution in [1.29, 1.82) is 0 Å². The molecule has 3 aromatic rings. The first-order valence-electron chi connectivity index (χ1n) is 10.4. The Hall–Kier alpha value is -3.16. The zero-order valence-electron chi connectivity index (χ0n) is 18.6. The van der Waals surface area contributed by atoms with Crippen molar-refractivity contribution < 1.29 is 13.2 Å². The lowest BCUT2D eigenvalue weighted by atomic mass is 10.1. The lowest BCUT2D eigenvalue weighted by Gasteiger charge is -2.24. The number of hydrogen-bond acceptors (Lipinski definition) is 4. The monoisotopic (exact) mass is 451 g/mol. The standard InChI is InChI=1S/C25H29N3O3S/c1-19-9-13-22(14-10-19)27-32(30,31)24-15-11-21(12-16-24)25(29)26-18-23(28(2)3)17-20-7-5-4-6-8-20/h4-16,23,27H,17-18H2,1-3H3,(H,26,29). The maximum absolute atomic E-state index is 12.6. The zero-order chi connectivity index (χ0) is 23.1. The van der Waals surface area contributed by atoms with Gasteiger partial charge in [-0.25, -0.2) is 8.42 Å². The van der Waals surface area contributed by atoms with Gasteiger partial charge in [-0.15, -0.1) is 0 Å². The smallest absolute Gasteiger partial charge is 0.261 e. The molecule has 7 heteroatoms. The van der Waals surface area contributed by atoms with Crippen molar-refractivity contribution in [3.05, 3.63) is 95.6 Å². The Labute approximate surface area is 190 Å². The van der Waals surface area contributed by atoms with Gasteiger partial charge in [0.2, 0.25) is 0 Å². The maximum atomic E-state index is 12.6. The highest BCUT2D eigenvalue weighted by molar-refractivity contribution is 7.92. The van der Waals surface area contributed by atoms with Gasteiger partial charge in [0, 0.05) is 23.8 Å². The number of aryl methyl sites for hydroxylation is 1. The molecule has 1 unspecified atom stereocenters. The average molecular weight is 452 g/mol. The average Bonchev–Trinajstić information content (AvgIpc) is 2.78. The first-order valence-corrected chi connectivity index (χ1v) is 11.9. The molecular formula is C25H29N3O3S. The van der Waals surface area contributed by atoms with Gasteiger partial charge in [0.25, 0.3) is 15.9 Å². The minimum atomic E-state index is -3.73. The van der Waals surface area contributed by atoms with E-state index in [9.17, 15) is 13.2 Å². The number of anilines is 1. The molecule has 0 aliphatic heterocycles. The summed E-state index contributed by atoms with van der Waals surface area (Å²) in [6.07, 6.45) is 0.815. The summed E-state index contributed by atoms with van der Waals surface area (Å²) in [6.45, 7) is 2.42. The van der Waals surface area contributed by atoms with Crippen LogP contribution in [0.5, 0.6) is 0 Å². The van der Waals surface area contributed by atoms with Crippen LogP contribution in [0.3, 0.4) is 0 Å². The Morgan fingerprint density at radius 1 is 0.906 bits per heavy atom. The Morgan fingerprint density at radius 2 is 1.53 bits per heavy atom. The Bertz CT molecular complexity index is 1130. The van der Waals surface area contributed by atoms with Crippen molar-refractivity contribution in [2.45, 2.75) is 24.3 Å². The zero-order valence-corrected chi connectivity index (χ0v) is 19.4. The van der Waals surface area contributed by atoms with Crippen molar-refractivity contribution in [3.8, 4) is 0 Å². The van der Waals surface area contributed by atoms with Crippen LogP contribution in [0.1, 0.15) is 21.5 Å². The largest absolute Gasteiger partial charge is 0.350 e. The number of rotatable bonds is 9. The molecule has 0 aliphatic carbocycles. The van der Waals surface area contributed by atoms with Gasteiger partial charge in [-0.05, 0) is 69.4 Å². The van der Waals surface area contributed by atoms with Crippen LogP contribution >= 0.6 is 0 Å². The summed E-state index contributed by atoms with van der Waals surface area (Å²) in [6, 6.07) is 23.3. The summed E-state index contributed by atoms with van der Waals surface area (Å²) >= 11 is 0. The maximum Gasteiger partial charge on any atom is 0.261 e. The van der Waals surface area contributed by atoms with E-state index in [1.807, 2.05) is 51.4 Å². The molecule has 0 bridgehead atoms. The molecule has 0 aliphatic rings. The van der Waals surface area contributed by atoms with Gasteiger partial charge in [0.05, 0.1) is 4.90 Å². The second kappa shape index (κ2) is 10.4. The molecule has 0 spiro atoms. The minimum Gasteiger partial charge on any atom is -0.350 e. The van der Waals surface area contributed by atoms with Crippen LogP contribution in [0.25, 0.3) is 0 Å². The lowest BCUT2D eigenvalue weighted by molar-refractivity contribution is 0.0941. The summed E-state index contributed by atoms with van der Waals surface area (Å²) in [4.78, 5) is 14.8. The van der Waals surface area contributed by atoms with E-state index in [0.29, 0.717) is 17.8 Å². The molecule has 32 heavy (non-hydrogen) atoms. The van der Waals surface area contributed by atoms with Crippen LogP contribution in [0.4, 0.5) is 5.69 Å². The highest BCUT2D eigenvalue weighted by atomic mass is 32.2. The fourth-order valence-electron chi connectivity index (χ4n) is 3.26. The third kappa shape index (κ3) is 6.42. The van der Waals surface area contributed by atoms with E-state index in [2.05, 4.69) is 27.1 Å². The second-order valence-corrected chi connectivity index (χ2v) is 9.70. The highest BCUT2D eigenvalue weighted by Crippen LogP contribution is 2.17. The van der Waals surface area contributed by atoms with E-state index < -0.39 is 10.0 Å². The summed E-state index contributed by atoms with van der Waals surface area (Å²) in [5.41, 5.74) is 3.15. The predicted octanol–water partition coefficient (Wildman–Crippen LogP) is 3.70. The molecule has 0 radical (unpaired) electrons. The summed E-state index contributed by atoms with van der Waals surface area (Å²) < 4.78 is 27.8. The van der Waals surface area contributed by atoms with Crippen molar-refractivity contribution >= 4 is 21.6 Å². The van der Waals surface area contributed by atoms with Gasteiger partial charge in [0.1, 0.15) is 0 Å². The first-order chi connectivity index (χ1) is 15.2. The molecular weight excluding hydrogens is 422 g/mol. The molecule has 0 saturated carbocycles. The molecule has 3 rings (SSSR count). The fourth-order valence-corrected chi connectivity index (χ4v) is 4.32. The molecule has 1 amide bonds. The van der Waals surface area contributed by atoms with Crippen LogP contribution in [0, 0.1) is 6.92 Å². The fraction of sp³-hybridized carbons (Fsp3) is 0.240. The molecule has 2 N–H and O–H groups in total. The normalized spacial score (nSPS) is 12.4. The Balaban J connectivity index is 1.62. The van der Waals surface area contributed by atoms with Crippen LogP contribution in [0.2, 0.25) is 0 Å². The molecule has 168 valence electrons. The quantitative estimate of drug-likeness (QED) is 0.520. The Kier molecular flexibility index (Phi) is 7.66. The molecule has 0 heterocycles. The van der Waals surface area contributed by atoms with Gasteiger partial charge in [-0.2, -0.15) is 0 Å². The van der Waals surface area contributed by atoms with Crippen LogP contribution in [-0.4, -0.2) is 45.9 Å². The van der Waals surface area contributed by atoms with Crippen molar-refractivity contribution in [2.24, 2.45) is 0 Å². The third-order valence-electron chi connectivity index (χ3n) is 5.27. The van der Waals surface area contributed by atoms with Gasteiger partial charge < -0.3 is 10.2 Å². The molecule has 3 aromatic carbocycles. The minimum absolute atomic E-state index is 0.102. The Morgan fingerprint density at radius 3 is 2.12 bits per heavy atom. The van der Waals surface area contributed by atoms with E-state index in [1.54, 1.807) is 12.1 Å². The summed E-state index contributed by atoms with van der Waals surface area (Å²) in [7, 11) is 0.245. The van der Waals surface area contributed by atoms with Crippen molar-refractivity contribution in [3.63, 3.8) is 0 Å². The van der Waals surface area contributed by atoms with Gasteiger partial charge >= 0.3 is 0 Å². The highest BCUT2D eigenvalue weighted by Gasteiger charge is 2.17. The number of amides is 1. The molecule has 0 aromatic heterocycles. The number of likely N-dealkylation sites (N-methyl/N-ethyl adjacent to an activating group) is 1. The summed E-state index contributed by atoms with van der Waals surface area (Å²) in [5.74, 6) is -0.236. The SMILES string of the molecule is Cc1ccc(NS(=O)(=O)c2ccc(C(=O)NCC(Cc3ccccc3)N(C)C)cc2)cc1. The first kappa shape index (κ1) is 23.5. The molecule has 0 fully saturated rings. The second-order valence-electron chi connectivity index (χ2n) is 8.01. The predicted molar refractivity (Wildman–Crippen MR) is 128 cm³/mol. The number of carbonyl (C=O) groups excluding carboxylic acids is 1. The van der Waals surface area contributed by atoms with E-state index in [0.717, 1.165) is 12.0 Å². The van der Waals surface area contributed by atoms with Crippen molar-refractivity contribution in [2.75, 3.05) is 25.4 Å². The molecule has 1 atom stereocenters. The van der Waals surface area contributed by atoms with Crippen LogP contribution in [0.15, 0.2) is 83.8 Å². The van der Waals surface area contributed by atoms with Gasteiger partial charge in [-0.1, -0.05) is 48.0 Å². The van der Waals surface area contributed by atoms with E-state index in [-0.39, 0.29) is 16.8 Å². The van der Waals surface area contributed by atoms with E-state index in [4.69, 9.17) is 0 Å². The number of sulfonamides is 1. The van der Waals surface area contributed by atoms with E-state index in [1.165, 1.54) is 29.8 Å². The number of carbonyl (C=O) groups is 1. The lowest BCUT2D eigenvalue weighted by Crippen LogP contribution is -2.41. The molecule has 6 nitrogen and oxygen atoms in total. The number of benzene rings is 3. The number of hydrogen-bond donors (Lipinski definition) is 2. The number of nitrogens with one attached hydrogen (secondary N) is 2. The van der Waals surface area contributed by atoms with E-state index >= 15 is 0 Å². The molecule has 0 saturated heterocycles. The van der Waals surface area contributed by atoms with Gasteiger partial charge in [-0.3, -0.25) is 9.52 Å². The summed E-state index contributed by atoms with van der Waals surface area (Å²) in [5, 5.41) is 2.96.